The summed E-state index contributed by atoms with van der Waals surface area (Å²) in [5.41, 5.74) is 5.96. The number of carbonyl (C=O) groups excluding carboxylic acids is 1. The number of amides is 1. The fourth-order valence-electron chi connectivity index (χ4n) is 8.33. The van der Waals surface area contributed by atoms with Crippen LogP contribution in [0, 0.1) is 6.92 Å². The second kappa shape index (κ2) is 20.8. The number of allylic oxidation sites excluding steroid dienone is 5. The minimum absolute atomic E-state index is 0.0123. The van der Waals surface area contributed by atoms with Gasteiger partial charge < -0.3 is 55.0 Å². The molecule has 1 heterocycles. The molecule has 18 nitrogen and oxygen atoms in total. The maximum absolute atomic E-state index is 14.3. The largest absolute Gasteiger partial charge is 0.488 e. The molecule has 0 spiro atoms. The predicted molar refractivity (Wildman–Crippen MR) is 263 cm³/mol. The van der Waals surface area contributed by atoms with E-state index >= 15 is 0 Å². The molecule has 0 saturated carbocycles. The van der Waals surface area contributed by atoms with Gasteiger partial charge in [-0.1, -0.05) is 25.2 Å². The lowest BCUT2D eigenvalue weighted by Crippen LogP contribution is -2.49. The van der Waals surface area contributed by atoms with Crippen molar-refractivity contribution in [3.8, 4) is 11.5 Å². The summed E-state index contributed by atoms with van der Waals surface area (Å²) in [4.78, 5) is 78.5. The first kappa shape index (κ1) is 50.2. The van der Waals surface area contributed by atoms with E-state index in [1.54, 1.807) is 25.1 Å². The molecule has 1 amide bonds. The van der Waals surface area contributed by atoms with Crippen LogP contribution in [0.1, 0.15) is 37.4 Å². The summed E-state index contributed by atoms with van der Waals surface area (Å²) in [6.45, 7) is 3.14. The Morgan fingerprint density at radius 1 is 0.667 bits per heavy atom. The molecule has 19 heteroatoms. The van der Waals surface area contributed by atoms with Gasteiger partial charge in [0.05, 0.1) is 16.9 Å². The number of hydrogen-bond donors (Lipinski definition) is 6. The number of nitrogens with one attached hydrogen (secondary N) is 1. The summed E-state index contributed by atoms with van der Waals surface area (Å²) < 4.78 is 14.1. The molecular weight excluding hydrogens is 907 g/mol. The van der Waals surface area contributed by atoms with Crippen LogP contribution in [0.4, 0.5) is 22.7 Å². The fourth-order valence-corrected chi connectivity index (χ4v) is 11.4. The van der Waals surface area contributed by atoms with Crippen LogP contribution < -0.4 is 34.7 Å². The Morgan fingerprint density at radius 2 is 1.23 bits per heavy atom. The lowest BCUT2D eigenvalue weighted by Gasteiger charge is -2.38. The summed E-state index contributed by atoms with van der Waals surface area (Å²) in [5.74, 6) is -6.87. The van der Waals surface area contributed by atoms with Crippen LogP contribution in [-0.4, -0.2) is 147 Å². The number of carboxylic acid groups (broad SMARTS) is 5. The maximum Gasteiger partial charge on any atom is 0.336 e. The Kier molecular flexibility index (Phi) is 15.1. The Labute approximate surface area is 398 Å². The van der Waals surface area contributed by atoms with E-state index in [9.17, 15) is 54.3 Å². The molecule has 0 radical (unpaired) electrons. The van der Waals surface area contributed by atoms with Crippen LogP contribution in [0.15, 0.2) is 102 Å². The number of anilines is 4. The molecule has 1 aliphatic carbocycles. The highest BCUT2D eigenvalue weighted by atomic mass is 28.3. The Bertz CT molecular complexity index is 2860. The van der Waals surface area contributed by atoms with E-state index in [1.165, 1.54) is 36.4 Å². The topological polar surface area (TPSA) is 247 Å². The summed E-state index contributed by atoms with van der Waals surface area (Å²) in [6, 6.07) is 19.5. The Morgan fingerprint density at radius 3 is 1.77 bits per heavy atom. The standard InChI is InChI=1S/C50H53N5O13Si/c1-29-8-16-38(54(25-44(56)57)26-45(58)59)40(20-29)67-18-19-68-41-22-31(10-17-39(41)55(27-46(60)61)28-47(62)63)51-49(64)30-9-13-34(50(65)66)37(21-30)48-35-14-11-32(52(2)3)23-42(35)69(6,7)43-24-33(53(4)5)12-15-36(43)48/h8-17,20-24H,18-19,25-28H2,1-7H3,(H5-,51,56,57,58,59,60,61,62,63,64,65,66)/p+1. The first-order valence-electron chi connectivity index (χ1n) is 21.6. The van der Waals surface area contributed by atoms with Crippen molar-refractivity contribution in [2.45, 2.75) is 20.0 Å². The third-order valence-electron chi connectivity index (χ3n) is 11.6. The van der Waals surface area contributed by atoms with Gasteiger partial charge in [0.1, 0.15) is 73.1 Å². The van der Waals surface area contributed by atoms with Crippen LogP contribution in [0.25, 0.3) is 5.57 Å². The van der Waals surface area contributed by atoms with Gasteiger partial charge >= 0.3 is 29.8 Å². The fraction of sp³-hybridized carbons (Fsp3) is 0.260. The Hall–Kier alpha value is -8.19. The number of aromatic carboxylic acids is 1. The van der Waals surface area contributed by atoms with E-state index < -0.39 is 70.0 Å². The molecule has 0 bridgehead atoms. The lowest BCUT2D eigenvalue weighted by atomic mass is 9.86. The van der Waals surface area contributed by atoms with Crippen molar-refractivity contribution < 1.29 is 68.3 Å². The third-order valence-corrected chi connectivity index (χ3v) is 15.1. The normalized spacial score (nSPS) is 13.3. The predicted octanol–water partition coefficient (Wildman–Crippen LogP) is 4.90. The number of ether oxygens (including phenoxy) is 2. The first-order chi connectivity index (χ1) is 32.5. The number of benzene rings is 4. The SMILES string of the molecule is Cc1ccc(N(CC(=O)O)CC(=O)O)c(OCCOc2cc(NC(=O)c3ccc(C(=O)O)c(C4=C5C=CC(=[N+](C)C)C=C5[Si](C)(C)c5cc(N(C)C)ccc54)c3)ccc2N(CC(=O)O)CC(=O)O)c1. The monoisotopic (exact) mass is 960 g/mol. The van der Waals surface area contributed by atoms with Crippen LogP contribution >= 0.6 is 0 Å². The molecule has 0 atom stereocenters. The zero-order valence-corrected chi connectivity index (χ0v) is 40.2. The quantitative estimate of drug-likeness (QED) is 0.0392. The van der Waals surface area contributed by atoms with Gasteiger partial charge in [0.25, 0.3) is 5.91 Å². The van der Waals surface area contributed by atoms with Crippen LogP contribution in [0.2, 0.25) is 13.1 Å². The zero-order valence-electron chi connectivity index (χ0n) is 39.2. The number of carbonyl (C=O) groups is 6. The summed E-state index contributed by atoms with van der Waals surface area (Å²) in [7, 11) is 5.43. The molecule has 4 aromatic carbocycles. The number of nitrogens with zero attached hydrogens (tertiary/aromatic N) is 4. The van der Waals surface area contributed by atoms with E-state index in [-0.39, 0.29) is 52.9 Å². The number of aryl methyl sites for hydroxylation is 1. The molecule has 0 unspecified atom stereocenters. The van der Waals surface area contributed by atoms with E-state index in [1.807, 2.05) is 62.0 Å². The van der Waals surface area contributed by atoms with Crippen molar-refractivity contribution in [2.75, 3.05) is 87.6 Å². The minimum atomic E-state index is -2.41. The smallest absolute Gasteiger partial charge is 0.336 e. The summed E-state index contributed by atoms with van der Waals surface area (Å²) in [5, 5.41) is 54.0. The molecule has 6 N–H and O–H groups in total. The third kappa shape index (κ3) is 11.5. The second-order valence-corrected chi connectivity index (χ2v) is 21.7. The average Bonchev–Trinajstić information content (AvgIpc) is 3.26. The van der Waals surface area contributed by atoms with Crippen molar-refractivity contribution >= 4 is 83.0 Å². The highest BCUT2D eigenvalue weighted by Crippen LogP contribution is 2.43. The van der Waals surface area contributed by atoms with E-state index in [4.69, 9.17) is 9.47 Å². The van der Waals surface area contributed by atoms with Gasteiger partial charge in [-0.25, -0.2) is 9.37 Å². The molecule has 4 aromatic rings. The lowest BCUT2D eigenvalue weighted by molar-refractivity contribution is -0.462. The number of rotatable bonds is 20. The maximum atomic E-state index is 14.3. The van der Waals surface area contributed by atoms with E-state index in [2.05, 4.69) is 30.6 Å². The van der Waals surface area contributed by atoms with Crippen molar-refractivity contribution in [3.63, 3.8) is 0 Å². The molecule has 2 aliphatic rings. The number of hydrogen-bond acceptors (Lipinski definition) is 11. The number of fused-ring (bicyclic) bond motifs is 2. The molecule has 0 aromatic heterocycles. The second-order valence-electron chi connectivity index (χ2n) is 17.4. The first-order valence-corrected chi connectivity index (χ1v) is 24.6. The van der Waals surface area contributed by atoms with Crippen molar-refractivity contribution in [3.05, 3.63) is 130 Å². The molecular formula is C50H54N5O13Si+. The van der Waals surface area contributed by atoms with E-state index in [0.717, 1.165) is 48.3 Å². The average molecular weight is 961 g/mol. The molecule has 69 heavy (non-hydrogen) atoms. The van der Waals surface area contributed by atoms with Crippen LogP contribution in [0.5, 0.6) is 11.5 Å². The van der Waals surface area contributed by atoms with Crippen molar-refractivity contribution in [1.82, 2.24) is 0 Å². The van der Waals surface area contributed by atoms with Crippen molar-refractivity contribution in [1.29, 1.82) is 0 Å². The highest BCUT2D eigenvalue weighted by Gasteiger charge is 2.41. The molecule has 360 valence electrons. The number of aliphatic carboxylic acids is 4. The van der Waals surface area contributed by atoms with Crippen LogP contribution in [0.3, 0.4) is 0 Å². The molecule has 6 rings (SSSR count). The minimum Gasteiger partial charge on any atom is -0.488 e. The zero-order chi connectivity index (χ0) is 50.5. The van der Waals surface area contributed by atoms with Gasteiger partial charge in [-0.2, -0.15) is 0 Å². The van der Waals surface area contributed by atoms with Crippen molar-refractivity contribution in [2.24, 2.45) is 0 Å². The Balaban J connectivity index is 1.37. The molecule has 0 saturated heterocycles. The van der Waals surface area contributed by atoms with Gasteiger partial charge in [0, 0.05) is 49.3 Å². The molecule has 1 aliphatic heterocycles. The van der Waals surface area contributed by atoms with Gasteiger partial charge in [-0.3, -0.25) is 24.0 Å². The highest BCUT2D eigenvalue weighted by molar-refractivity contribution is 6.98. The van der Waals surface area contributed by atoms with Gasteiger partial charge in [-0.15, -0.1) is 0 Å². The summed E-state index contributed by atoms with van der Waals surface area (Å²) >= 11 is 0. The number of carboxylic acids is 5. The van der Waals surface area contributed by atoms with Crippen LogP contribution in [-0.2, 0) is 19.2 Å². The van der Waals surface area contributed by atoms with Gasteiger partial charge in [0.15, 0.2) is 5.71 Å². The summed E-state index contributed by atoms with van der Waals surface area (Å²) in [6.07, 6.45) is 6.15. The van der Waals surface area contributed by atoms with Gasteiger partial charge in [-0.05, 0) is 106 Å². The molecule has 0 fully saturated rings. The van der Waals surface area contributed by atoms with Gasteiger partial charge in [0.2, 0.25) is 0 Å². The van der Waals surface area contributed by atoms with E-state index in [0.29, 0.717) is 11.1 Å².